The van der Waals surface area contributed by atoms with Crippen LogP contribution >= 0.6 is 0 Å². The number of fused-ring (bicyclic) bond motifs is 2. The van der Waals surface area contributed by atoms with Gasteiger partial charge < -0.3 is 24.2 Å². The summed E-state index contributed by atoms with van der Waals surface area (Å²) < 4.78 is 17.0. The number of hydrogen-bond acceptors (Lipinski definition) is 5. The molecule has 1 N–H and O–H groups in total. The molecule has 0 saturated heterocycles. The molecule has 0 fully saturated rings. The predicted molar refractivity (Wildman–Crippen MR) is 120 cm³/mol. The van der Waals surface area contributed by atoms with E-state index in [1.165, 1.54) is 0 Å². The summed E-state index contributed by atoms with van der Waals surface area (Å²) in [6, 6.07) is 19.6. The molecule has 6 heteroatoms. The van der Waals surface area contributed by atoms with Gasteiger partial charge in [0, 0.05) is 25.6 Å². The van der Waals surface area contributed by atoms with Crippen LogP contribution in [0.3, 0.4) is 0 Å². The summed E-state index contributed by atoms with van der Waals surface area (Å²) in [5.41, 5.74) is 4.64. The Kier molecular flexibility index (Phi) is 5.82. The highest BCUT2D eigenvalue weighted by atomic mass is 16.5. The first-order chi connectivity index (χ1) is 15.0. The van der Waals surface area contributed by atoms with Gasteiger partial charge in [0.1, 0.15) is 5.75 Å². The summed E-state index contributed by atoms with van der Waals surface area (Å²) >= 11 is 0. The number of rotatable bonds is 7. The van der Waals surface area contributed by atoms with E-state index in [-0.39, 0.29) is 6.42 Å². The molecule has 1 unspecified atom stereocenters. The van der Waals surface area contributed by atoms with Crippen molar-refractivity contribution in [1.29, 1.82) is 0 Å². The highest BCUT2D eigenvalue weighted by molar-refractivity contribution is 5.83. The zero-order valence-electron chi connectivity index (χ0n) is 17.8. The molecular weight excluding hydrogens is 394 g/mol. The number of nitrogens with zero attached hydrogens (tertiary/aromatic N) is 1. The molecule has 0 saturated carbocycles. The second-order valence-electron chi connectivity index (χ2n) is 7.33. The van der Waals surface area contributed by atoms with Crippen LogP contribution in [-0.4, -0.2) is 37.9 Å². The van der Waals surface area contributed by atoms with Gasteiger partial charge in [0.25, 0.3) is 0 Å². The fraction of sp³-hybridized carbons (Fsp3) is 0.240. The van der Waals surface area contributed by atoms with Crippen molar-refractivity contribution in [2.75, 3.05) is 25.7 Å². The van der Waals surface area contributed by atoms with E-state index in [2.05, 4.69) is 11.0 Å². The van der Waals surface area contributed by atoms with Crippen LogP contribution in [0.4, 0.5) is 11.4 Å². The van der Waals surface area contributed by atoms with Crippen LogP contribution in [0.5, 0.6) is 17.2 Å². The van der Waals surface area contributed by atoms with E-state index in [0.29, 0.717) is 12.4 Å². The third-order valence-corrected chi connectivity index (χ3v) is 5.41. The van der Waals surface area contributed by atoms with Gasteiger partial charge in [-0.1, -0.05) is 24.3 Å². The molecule has 6 nitrogen and oxygen atoms in total. The fourth-order valence-electron chi connectivity index (χ4n) is 3.84. The molecule has 0 amide bonds. The Balaban J connectivity index is 1.71. The lowest BCUT2D eigenvalue weighted by atomic mass is 9.98. The topological polar surface area (TPSA) is 68.2 Å². The maximum Gasteiger partial charge on any atom is 0.333 e. The maximum atomic E-state index is 11.5. The van der Waals surface area contributed by atoms with Gasteiger partial charge in [0.2, 0.25) is 0 Å². The van der Waals surface area contributed by atoms with E-state index in [4.69, 9.17) is 14.2 Å². The first kappa shape index (κ1) is 20.8. The quantitative estimate of drug-likeness (QED) is 0.563. The smallest absolute Gasteiger partial charge is 0.333 e. The van der Waals surface area contributed by atoms with E-state index >= 15 is 0 Å². The van der Waals surface area contributed by atoms with Crippen molar-refractivity contribution in [2.24, 2.45) is 0 Å². The molecule has 160 valence electrons. The van der Waals surface area contributed by atoms with E-state index in [1.54, 1.807) is 14.0 Å². The number of ether oxygens (including phenoxy) is 3. The summed E-state index contributed by atoms with van der Waals surface area (Å²) in [4.78, 5) is 13.6. The Morgan fingerprint density at radius 1 is 1.06 bits per heavy atom. The number of benzene rings is 3. The molecule has 1 aliphatic rings. The van der Waals surface area contributed by atoms with Crippen molar-refractivity contribution in [3.63, 3.8) is 0 Å². The SMILES string of the molecule is CCOC(Cc1ccc(OC)c(-c2ccc3c(c2)N(C)c2ccccc2O3)c1)C(=O)O. The molecule has 1 atom stereocenters. The maximum absolute atomic E-state index is 11.5. The minimum absolute atomic E-state index is 0.279. The van der Waals surface area contributed by atoms with Crippen molar-refractivity contribution in [3.05, 3.63) is 66.2 Å². The molecular formula is C25H25NO5. The second-order valence-corrected chi connectivity index (χ2v) is 7.33. The molecule has 1 heterocycles. The largest absolute Gasteiger partial charge is 0.496 e. The lowest BCUT2D eigenvalue weighted by molar-refractivity contribution is -0.149. The van der Waals surface area contributed by atoms with Crippen molar-refractivity contribution >= 4 is 17.3 Å². The highest BCUT2D eigenvalue weighted by Crippen LogP contribution is 2.47. The number of carboxylic acids is 1. The number of aliphatic carboxylic acids is 1. The first-order valence-corrected chi connectivity index (χ1v) is 10.2. The normalized spacial score (nSPS) is 13.1. The third-order valence-electron chi connectivity index (χ3n) is 5.41. The highest BCUT2D eigenvalue weighted by Gasteiger charge is 2.23. The van der Waals surface area contributed by atoms with Crippen LogP contribution in [0.15, 0.2) is 60.7 Å². The van der Waals surface area contributed by atoms with Crippen molar-refractivity contribution in [2.45, 2.75) is 19.4 Å². The predicted octanol–water partition coefficient (Wildman–Crippen LogP) is 5.27. The molecule has 0 radical (unpaired) electrons. The number of hydrogen-bond donors (Lipinski definition) is 1. The number of carboxylic acid groups (broad SMARTS) is 1. The van der Waals surface area contributed by atoms with E-state index in [1.807, 2.05) is 61.6 Å². The van der Waals surface area contributed by atoms with Gasteiger partial charge in [-0.2, -0.15) is 0 Å². The number of anilines is 2. The van der Waals surface area contributed by atoms with Crippen LogP contribution in [0.2, 0.25) is 0 Å². The average Bonchev–Trinajstić information content (AvgIpc) is 2.78. The lowest BCUT2D eigenvalue weighted by Crippen LogP contribution is -2.26. The summed E-state index contributed by atoms with van der Waals surface area (Å²) in [6.45, 7) is 2.14. The first-order valence-electron chi connectivity index (χ1n) is 10.2. The van der Waals surface area contributed by atoms with Crippen molar-refractivity contribution < 1.29 is 24.1 Å². The number of carbonyl (C=O) groups is 1. The zero-order valence-corrected chi connectivity index (χ0v) is 17.8. The van der Waals surface area contributed by atoms with Gasteiger partial charge in [-0.3, -0.25) is 0 Å². The van der Waals surface area contributed by atoms with Gasteiger partial charge in [-0.15, -0.1) is 0 Å². The van der Waals surface area contributed by atoms with E-state index in [9.17, 15) is 9.90 Å². The minimum atomic E-state index is -0.967. The van der Waals surface area contributed by atoms with Gasteiger partial charge in [0.05, 0.1) is 18.5 Å². The van der Waals surface area contributed by atoms with Crippen molar-refractivity contribution in [1.82, 2.24) is 0 Å². The molecule has 3 aromatic rings. The lowest BCUT2D eigenvalue weighted by Gasteiger charge is -2.30. The van der Waals surface area contributed by atoms with Crippen LogP contribution in [-0.2, 0) is 16.0 Å². The molecule has 1 aliphatic heterocycles. The van der Waals surface area contributed by atoms with Crippen LogP contribution < -0.4 is 14.4 Å². The summed E-state index contributed by atoms with van der Waals surface area (Å²) in [5.74, 6) is 1.35. The monoisotopic (exact) mass is 419 g/mol. The second kappa shape index (κ2) is 8.70. The molecule has 0 aliphatic carbocycles. The standard InChI is InChI=1S/C25H25NO5/c1-4-30-24(25(27)28)14-16-9-11-21(29-3)18(13-16)17-10-12-23-20(15-17)26(2)19-7-5-6-8-22(19)31-23/h5-13,15,24H,4,14H2,1-3H3,(H,27,28). The Morgan fingerprint density at radius 2 is 1.84 bits per heavy atom. The average molecular weight is 419 g/mol. The minimum Gasteiger partial charge on any atom is -0.496 e. The van der Waals surface area contributed by atoms with Gasteiger partial charge in [-0.25, -0.2) is 4.79 Å². The van der Waals surface area contributed by atoms with Crippen LogP contribution in [0, 0.1) is 0 Å². The Labute approximate surface area is 181 Å². The number of methoxy groups -OCH3 is 1. The summed E-state index contributed by atoms with van der Waals surface area (Å²) in [6.07, 6.45) is -0.604. The van der Waals surface area contributed by atoms with Crippen LogP contribution in [0.1, 0.15) is 12.5 Å². The third kappa shape index (κ3) is 4.07. The van der Waals surface area contributed by atoms with Gasteiger partial charge in [0.15, 0.2) is 17.6 Å². The van der Waals surface area contributed by atoms with Crippen molar-refractivity contribution in [3.8, 4) is 28.4 Å². The van der Waals surface area contributed by atoms with Gasteiger partial charge >= 0.3 is 5.97 Å². The number of para-hydroxylation sites is 2. The Bertz CT molecular complexity index is 1110. The summed E-state index contributed by atoms with van der Waals surface area (Å²) in [7, 11) is 3.64. The van der Waals surface area contributed by atoms with E-state index in [0.717, 1.165) is 39.6 Å². The molecule has 0 aromatic heterocycles. The molecule has 3 aromatic carbocycles. The molecule has 4 rings (SSSR count). The molecule has 31 heavy (non-hydrogen) atoms. The molecule has 0 spiro atoms. The van der Waals surface area contributed by atoms with E-state index < -0.39 is 12.1 Å². The fourth-order valence-corrected chi connectivity index (χ4v) is 3.84. The van der Waals surface area contributed by atoms with Gasteiger partial charge in [-0.05, 0) is 54.4 Å². The Hall–Kier alpha value is -3.51. The summed E-state index contributed by atoms with van der Waals surface area (Å²) in [5, 5.41) is 9.43. The zero-order chi connectivity index (χ0) is 22.0. The molecule has 0 bridgehead atoms. The van der Waals surface area contributed by atoms with Crippen LogP contribution in [0.25, 0.3) is 11.1 Å². The Morgan fingerprint density at radius 3 is 2.58 bits per heavy atom.